The summed E-state index contributed by atoms with van der Waals surface area (Å²) < 4.78 is 39.7. The lowest BCUT2D eigenvalue weighted by atomic mass is 9.98. The van der Waals surface area contributed by atoms with Gasteiger partial charge < -0.3 is 24.8 Å². The molecule has 10 nitrogen and oxygen atoms in total. The number of fused-ring (bicyclic) bond motifs is 1. The zero-order valence-corrected chi connectivity index (χ0v) is 24.5. The Kier molecular flexibility index (Phi) is 9.73. The average molecular weight is 594 g/mol. The number of aliphatic hydroxyl groups excluding tert-OH is 1. The third-order valence-corrected chi connectivity index (χ3v) is 9.59. The van der Waals surface area contributed by atoms with Crippen LogP contribution in [0.3, 0.4) is 0 Å². The van der Waals surface area contributed by atoms with Crippen molar-refractivity contribution in [1.29, 1.82) is 0 Å². The number of ether oxygens (including phenoxy) is 2. The SMILES string of the molecule is C[C@@H]1CN([C@@H](C)CO)C(=O)c2cccc(NC(=O)C3CCOCC3)c2O[C@H]1CN(C)S(=O)(=O)c1ccc(Cl)cc1. The van der Waals surface area contributed by atoms with Gasteiger partial charge in [-0.15, -0.1) is 0 Å². The molecule has 0 spiro atoms. The van der Waals surface area contributed by atoms with Crippen molar-refractivity contribution in [3.63, 3.8) is 0 Å². The maximum absolute atomic E-state index is 13.7. The molecule has 0 bridgehead atoms. The number of hydrogen-bond donors (Lipinski definition) is 2. The molecular weight excluding hydrogens is 558 g/mol. The summed E-state index contributed by atoms with van der Waals surface area (Å²) in [7, 11) is -2.40. The van der Waals surface area contributed by atoms with Crippen LogP contribution in [0.4, 0.5) is 5.69 Å². The molecular formula is C28H36ClN3O7S. The number of anilines is 1. The van der Waals surface area contributed by atoms with E-state index in [4.69, 9.17) is 21.1 Å². The van der Waals surface area contributed by atoms with Crippen molar-refractivity contribution in [2.24, 2.45) is 11.8 Å². The molecule has 2 aliphatic rings. The Bertz CT molecular complexity index is 1320. The van der Waals surface area contributed by atoms with E-state index in [0.29, 0.717) is 36.8 Å². The maximum Gasteiger partial charge on any atom is 0.258 e. The van der Waals surface area contributed by atoms with Gasteiger partial charge in [0.15, 0.2) is 5.75 Å². The van der Waals surface area contributed by atoms with E-state index in [-0.39, 0.29) is 59.6 Å². The van der Waals surface area contributed by atoms with Crippen molar-refractivity contribution in [3.05, 3.63) is 53.1 Å². The standard InChI is InChI=1S/C28H36ClN3O7S/c1-18-15-32(19(2)17-33)28(35)23-5-4-6-24(30-27(34)20-11-13-38-14-12-20)26(23)39-25(18)16-31(3)40(36,37)22-9-7-21(29)8-10-22/h4-10,18-20,25,33H,11-17H2,1-3H3,(H,30,34)/t18-,19+,25+/m1/s1. The van der Waals surface area contributed by atoms with Crippen molar-refractivity contribution in [2.45, 2.75) is 43.7 Å². The van der Waals surface area contributed by atoms with Gasteiger partial charge in [0.2, 0.25) is 15.9 Å². The summed E-state index contributed by atoms with van der Waals surface area (Å²) >= 11 is 5.95. The van der Waals surface area contributed by atoms with Crippen LogP contribution in [0.1, 0.15) is 37.0 Å². The van der Waals surface area contributed by atoms with E-state index in [1.54, 1.807) is 30.0 Å². The van der Waals surface area contributed by atoms with Crippen LogP contribution in [-0.4, -0.2) is 86.6 Å². The van der Waals surface area contributed by atoms with Gasteiger partial charge in [0, 0.05) is 43.7 Å². The van der Waals surface area contributed by atoms with Crippen molar-refractivity contribution in [1.82, 2.24) is 9.21 Å². The molecule has 0 saturated carbocycles. The van der Waals surface area contributed by atoms with E-state index < -0.39 is 22.2 Å². The van der Waals surface area contributed by atoms with Gasteiger partial charge in [0.25, 0.3) is 5.91 Å². The number of benzene rings is 2. The number of carbonyl (C=O) groups excluding carboxylic acids is 2. The first-order valence-electron chi connectivity index (χ1n) is 13.3. The molecule has 0 unspecified atom stereocenters. The Morgan fingerprint density at radius 1 is 1.20 bits per heavy atom. The highest BCUT2D eigenvalue weighted by molar-refractivity contribution is 7.89. The van der Waals surface area contributed by atoms with Gasteiger partial charge in [-0.25, -0.2) is 8.42 Å². The highest BCUT2D eigenvalue weighted by Gasteiger charge is 2.36. The van der Waals surface area contributed by atoms with Crippen molar-refractivity contribution < 1.29 is 32.6 Å². The van der Waals surface area contributed by atoms with Gasteiger partial charge in [0.1, 0.15) is 6.10 Å². The lowest BCUT2D eigenvalue weighted by Crippen LogP contribution is -2.50. The van der Waals surface area contributed by atoms with Crippen molar-refractivity contribution in [3.8, 4) is 5.75 Å². The molecule has 1 saturated heterocycles. The van der Waals surface area contributed by atoms with Gasteiger partial charge in [-0.3, -0.25) is 9.59 Å². The molecule has 2 N–H and O–H groups in total. The summed E-state index contributed by atoms with van der Waals surface area (Å²) in [5, 5.41) is 13.3. The fourth-order valence-electron chi connectivity index (χ4n) is 4.89. The van der Waals surface area contributed by atoms with Gasteiger partial charge in [0.05, 0.1) is 35.3 Å². The predicted molar refractivity (Wildman–Crippen MR) is 151 cm³/mol. The second kappa shape index (κ2) is 12.9. The minimum atomic E-state index is -3.87. The molecule has 0 aromatic heterocycles. The fourth-order valence-corrected chi connectivity index (χ4v) is 6.20. The molecule has 218 valence electrons. The van der Waals surface area contributed by atoms with Crippen LogP contribution in [0.15, 0.2) is 47.4 Å². The number of carbonyl (C=O) groups is 2. The Morgan fingerprint density at radius 3 is 2.52 bits per heavy atom. The molecule has 2 aromatic carbocycles. The summed E-state index contributed by atoms with van der Waals surface area (Å²) in [6.45, 7) is 4.58. The molecule has 2 amide bonds. The molecule has 4 rings (SSSR count). The molecule has 0 aliphatic carbocycles. The summed E-state index contributed by atoms with van der Waals surface area (Å²) in [6.07, 6.45) is 0.499. The largest absolute Gasteiger partial charge is 0.486 e. The third kappa shape index (κ3) is 6.60. The number of para-hydroxylation sites is 1. The number of nitrogens with zero attached hydrogens (tertiary/aromatic N) is 2. The first-order chi connectivity index (χ1) is 19.0. The first-order valence-corrected chi connectivity index (χ1v) is 15.2. The zero-order valence-electron chi connectivity index (χ0n) is 22.9. The van der Waals surface area contributed by atoms with Crippen LogP contribution in [0.5, 0.6) is 5.75 Å². The number of rotatable bonds is 8. The highest BCUT2D eigenvalue weighted by atomic mass is 35.5. The van der Waals surface area contributed by atoms with E-state index in [0.717, 1.165) is 0 Å². The monoisotopic (exact) mass is 593 g/mol. The molecule has 40 heavy (non-hydrogen) atoms. The highest BCUT2D eigenvalue weighted by Crippen LogP contribution is 2.36. The number of hydrogen-bond acceptors (Lipinski definition) is 7. The molecule has 1 fully saturated rings. The summed E-state index contributed by atoms with van der Waals surface area (Å²) in [6, 6.07) is 10.4. The van der Waals surface area contributed by atoms with Gasteiger partial charge in [-0.2, -0.15) is 4.31 Å². The second-order valence-corrected chi connectivity index (χ2v) is 12.9. The fraction of sp³-hybridized carbons (Fsp3) is 0.500. The number of amides is 2. The second-order valence-electron chi connectivity index (χ2n) is 10.4. The van der Waals surface area contributed by atoms with E-state index in [2.05, 4.69) is 5.32 Å². The van der Waals surface area contributed by atoms with Crippen LogP contribution in [-0.2, 0) is 19.6 Å². The summed E-state index contributed by atoms with van der Waals surface area (Å²) in [5.41, 5.74) is 0.562. The van der Waals surface area contributed by atoms with E-state index in [1.165, 1.54) is 35.6 Å². The summed E-state index contributed by atoms with van der Waals surface area (Å²) in [4.78, 5) is 28.4. The number of nitrogens with one attached hydrogen (secondary N) is 1. The van der Waals surface area contributed by atoms with Crippen LogP contribution in [0, 0.1) is 11.8 Å². The molecule has 0 radical (unpaired) electrons. The minimum Gasteiger partial charge on any atom is -0.486 e. The van der Waals surface area contributed by atoms with Gasteiger partial charge in [-0.1, -0.05) is 24.6 Å². The van der Waals surface area contributed by atoms with Crippen molar-refractivity contribution in [2.75, 3.05) is 45.3 Å². The summed E-state index contributed by atoms with van der Waals surface area (Å²) in [5.74, 6) is -0.913. The minimum absolute atomic E-state index is 0.0245. The van der Waals surface area contributed by atoms with Gasteiger partial charge in [-0.05, 0) is 56.2 Å². The molecule has 3 atom stereocenters. The van der Waals surface area contributed by atoms with E-state index in [1.807, 2.05) is 6.92 Å². The van der Waals surface area contributed by atoms with E-state index in [9.17, 15) is 23.1 Å². The predicted octanol–water partition coefficient (Wildman–Crippen LogP) is 3.25. The molecule has 2 heterocycles. The Labute approximate surface area is 240 Å². The number of halogens is 1. The molecule has 2 aromatic rings. The third-order valence-electron chi connectivity index (χ3n) is 7.50. The maximum atomic E-state index is 13.7. The smallest absolute Gasteiger partial charge is 0.258 e. The number of likely N-dealkylation sites (N-methyl/N-ethyl adjacent to an activating group) is 1. The average Bonchev–Trinajstić information content (AvgIpc) is 2.95. The van der Waals surface area contributed by atoms with Gasteiger partial charge >= 0.3 is 0 Å². The normalized spacial score (nSPS) is 21.2. The van der Waals surface area contributed by atoms with Crippen molar-refractivity contribution >= 4 is 39.1 Å². The Hall–Kier alpha value is -2.70. The zero-order chi connectivity index (χ0) is 29.0. The lowest BCUT2D eigenvalue weighted by molar-refractivity contribution is -0.122. The van der Waals surface area contributed by atoms with E-state index >= 15 is 0 Å². The van der Waals surface area contributed by atoms with Crippen LogP contribution < -0.4 is 10.1 Å². The number of aliphatic hydroxyl groups is 1. The number of sulfonamides is 1. The topological polar surface area (TPSA) is 125 Å². The Morgan fingerprint density at radius 2 is 1.88 bits per heavy atom. The Balaban J connectivity index is 1.69. The first kappa shape index (κ1) is 30.3. The molecule has 12 heteroatoms. The quantitative estimate of drug-likeness (QED) is 0.481. The van der Waals surface area contributed by atoms with Crippen LogP contribution >= 0.6 is 11.6 Å². The lowest BCUT2D eigenvalue weighted by Gasteiger charge is -2.38. The van der Waals surface area contributed by atoms with Crippen LogP contribution in [0.2, 0.25) is 5.02 Å². The molecule has 2 aliphatic heterocycles. The van der Waals surface area contributed by atoms with Crippen LogP contribution in [0.25, 0.3) is 0 Å².